The van der Waals surface area contributed by atoms with Crippen LogP contribution in [0, 0.1) is 24.6 Å². The molecule has 1 saturated heterocycles. The maximum atomic E-state index is 13.5. The van der Waals surface area contributed by atoms with Crippen molar-refractivity contribution in [3.8, 4) is 11.5 Å². The Labute approximate surface area is 176 Å². The first-order valence-electron chi connectivity index (χ1n) is 10.1. The molecule has 0 N–H and O–H groups in total. The van der Waals surface area contributed by atoms with Crippen LogP contribution in [0.2, 0.25) is 0 Å². The molecule has 2 aromatic carbocycles. The van der Waals surface area contributed by atoms with Crippen molar-refractivity contribution in [2.45, 2.75) is 37.1 Å². The second-order valence-electron chi connectivity index (χ2n) is 8.30. The number of oxazole rings is 1. The van der Waals surface area contributed by atoms with E-state index in [1.807, 2.05) is 11.8 Å². The summed E-state index contributed by atoms with van der Waals surface area (Å²) < 4.78 is 46.3. The molecule has 158 valence electrons. The Hall–Kier alpha value is -2.67. The zero-order chi connectivity index (χ0) is 21.5. The minimum atomic E-state index is -3.89. The fraction of sp³-hybridized carbons (Fsp3) is 0.348. The van der Waals surface area contributed by atoms with Gasteiger partial charge in [0.1, 0.15) is 5.82 Å². The van der Waals surface area contributed by atoms with Crippen LogP contribution in [-0.4, -0.2) is 26.5 Å². The van der Waals surface area contributed by atoms with Gasteiger partial charge in [-0.2, -0.15) is 4.98 Å². The van der Waals surface area contributed by atoms with Crippen LogP contribution >= 0.6 is 0 Å². The Morgan fingerprint density at radius 2 is 1.60 bits per heavy atom. The Bertz CT molecular complexity index is 1130. The first-order chi connectivity index (χ1) is 14.2. The summed E-state index contributed by atoms with van der Waals surface area (Å²) in [6.45, 7) is 7.58. The van der Waals surface area contributed by atoms with Crippen molar-refractivity contribution >= 4 is 15.7 Å². The topological polar surface area (TPSA) is 63.4 Å². The molecule has 7 heteroatoms. The normalized spacial score (nSPS) is 19.8. The third-order valence-electron chi connectivity index (χ3n) is 5.41. The zero-order valence-electron chi connectivity index (χ0n) is 17.3. The number of halogens is 1. The summed E-state index contributed by atoms with van der Waals surface area (Å²) in [4.78, 5) is 6.53. The molecule has 0 amide bonds. The Kier molecular flexibility index (Phi) is 5.40. The predicted molar refractivity (Wildman–Crippen MR) is 114 cm³/mol. The van der Waals surface area contributed by atoms with Crippen molar-refractivity contribution in [2.75, 3.05) is 18.0 Å². The molecule has 0 saturated carbocycles. The molecule has 0 bridgehead atoms. The van der Waals surface area contributed by atoms with E-state index >= 15 is 0 Å². The van der Waals surface area contributed by atoms with E-state index in [0.717, 1.165) is 12.0 Å². The van der Waals surface area contributed by atoms with Gasteiger partial charge in [-0.3, -0.25) is 0 Å². The van der Waals surface area contributed by atoms with Crippen LogP contribution < -0.4 is 4.90 Å². The molecule has 1 aliphatic heterocycles. The fourth-order valence-electron chi connectivity index (χ4n) is 4.05. The summed E-state index contributed by atoms with van der Waals surface area (Å²) in [5.41, 5.74) is 1.50. The van der Waals surface area contributed by atoms with E-state index in [9.17, 15) is 12.8 Å². The molecule has 1 aliphatic rings. The van der Waals surface area contributed by atoms with E-state index in [1.54, 1.807) is 24.3 Å². The zero-order valence-corrected chi connectivity index (χ0v) is 18.1. The van der Waals surface area contributed by atoms with Gasteiger partial charge in [-0.15, -0.1) is 0 Å². The number of hydrogen-bond acceptors (Lipinski definition) is 5. The number of hydrogen-bond donors (Lipinski definition) is 0. The van der Waals surface area contributed by atoms with Crippen LogP contribution in [0.3, 0.4) is 0 Å². The van der Waals surface area contributed by atoms with Gasteiger partial charge < -0.3 is 9.32 Å². The highest BCUT2D eigenvalue weighted by molar-refractivity contribution is 7.91. The lowest BCUT2D eigenvalue weighted by atomic mass is 9.92. The van der Waals surface area contributed by atoms with Gasteiger partial charge in [-0.25, -0.2) is 12.8 Å². The fourth-order valence-corrected chi connectivity index (χ4v) is 5.37. The van der Waals surface area contributed by atoms with E-state index in [-0.39, 0.29) is 27.5 Å². The van der Waals surface area contributed by atoms with E-state index in [1.165, 1.54) is 24.3 Å². The average molecular weight is 429 g/mol. The maximum absolute atomic E-state index is 13.5. The van der Waals surface area contributed by atoms with Crippen LogP contribution in [0.5, 0.6) is 0 Å². The molecule has 4 rings (SSSR count). The third kappa shape index (κ3) is 3.99. The lowest BCUT2D eigenvalue weighted by Gasteiger charge is -2.34. The molecule has 1 fully saturated rings. The predicted octanol–water partition coefficient (Wildman–Crippen LogP) is 5.10. The number of aromatic nitrogens is 1. The van der Waals surface area contributed by atoms with Gasteiger partial charge >= 0.3 is 0 Å². The highest BCUT2D eigenvalue weighted by Gasteiger charge is 2.34. The highest BCUT2D eigenvalue weighted by Crippen LogP contribution is 2.37. The van der Waals surface area contributed by atoms with Crippen LogP contribution in [0.1, 0.15) is 25.8 Å². The highest BCUT2D eigenvalue weighted by atomic mass is 32.2. The standard InChI is InChI=1S/C23H25FN2O3S/c1-15-4-10-20(11-5-15)30(27,28)22-23(26-13-16(2)12-17(3)14-26)29-21(25-22)18-6-8-19(24)9-7-18/h4-11,16-17H,12-14H2,1-3H3. The van der Waals surface area contributed by atoms with Gasteiger partial charge in [-0.1, -0.05) is 31.5 Å². The van der Waals surface area contributed by atoms with Crippen molar-refractivity contribution in [3.63, 3.8) is 0 Å². The van der Waals surface area contributed by atoms with Gasteiger partial charge in [0.25, 0.3) is 0 Å². The van der Waals surface area contributed by atoms with E-state index in [4.69, 9.17) is 4.42 Å². The number of sulfone groups is 1. The van der Waals surface area contributed by atoms with Crippen molar-refractivity contribution in [3.05, 3.63) is 59.9 Å². The molecule has 0 radical (unpaired) electrons. The number of aryl methyl sites for hydroxylation is 1. The first-order valence-corrected chi connectivity index (χ1v) is 11.6. The van der Waals surface area contributed by atoms with E-state index in [2.05, 4.69) is 18.8 Å². The minimum Gasteiger partial charge on any atom is -0.419 e. The number of benzene rings is 2. The second kappa shape index (κ2) is 7.87. The minimum absolute atomic E-state index is 0.0908. The van der Waals surface area contributed by atoms with Crippen molar-refractivity contribution < 1.29 is 17.2 Å². The van der Waals surface area contributed by atoms with Gasteiger partial charge in [0, 0.05) is 18.7 Å². The molecule has 5 nitrogen and oxygen atoms in total. The summed E-state index contributed by atoms with van der Waals surface area (Å²) in [7, 11) is -3.89. The monoisotopic (exact) mass is 428 g/mol. The lowest BCUT2D eigenvalue weighted by Crippen LogP contribution is -2.39. The largest absolute Gasteiger partial charge is 0.419 e. The van der Waals surface area contributed by atoms with Crippen LogP contribution in [0.4, 0.5) is 10.3 Å². The van der Waals surface area contributed by atoms with Gasteiger partial charge in [0.2, 0.25) is 26.6 Å². The van der Waals surface area contributed by atoms with Crippen molar-refractivity contribution in [2.24, 2.45) is 11.8 Å². The van der Waals surface area contributed by atoms with E-state index in [0.29, 0.717) is 30.5 Å². The molecule has 2 unspecified atom stereocenters. The third-order valence-corrected chi connectivity index (χ3v) is 7.08. The summed E-state index contributed by atoms with van der Waals surface area (Å²) in [6.07, 6.45) is 1.08. The van der Waals surface area contributed by atoms with Gasteiger partial charge in [0.05, 0.1) is 4.90 Å². The Balaban J connectivity index is 1.85. The quantitative estimate of drug-likeness (QED) is 0.578. The lowest BCUT2D eigenvalue weighted by molar-refractivity contribution is 0.342. The second-order valence-corrected chi connectivity index (χ2v) is 10.2. The smallest absolute Gasteiger partial charge is 0.236 e. The summed E-state index contributed by atoms with van der Waals surface area (Å²) in [6, 6.07) is 12.4. The molecule has 3 aromatic rings. The van der Waals surface area contributed by atoms with Gasteiger partial charge in [0.15, 0.2) is 0 Å². The Morgan fingerprint density at radius 3 is 2.20 bits per heavy atom. The number of rotatable bonds is 4. The SMILES string of the molecule is Cc1ccc(S(=O)(=O)c2nc(-c3ccc(F)cc3)oc2N2CC(C)CC(C)C2)cc1. The molecular weight excluding hydrogens is 403 g/mol. The molecule has 30 heavy (non-hydrogen) atoms. The molecule has 0 spiro atoms. The molecule has 2 heterocycles. The van der Waals surface area contributed by atoms with Crippen molar-refractivity contribution in [1.82, 2.24) is 4.98 Å². The number of nitrogens with zero attached hydrogens (tertiary/aromatic N) is 2. The van der Waals surface area contributed by atoms with Crippen LogP contribution in [0.15, 0.2) is 62.9 Å². The van der Waals surface area contributed by atoms with E-state index < -0.39 is 9.84 Å². The molecule has 0 aliphatic carbocycles. The first kappa shape index (κ1) is 20.6. The average Bonchev–Trinajstić information content (AvgIpc) is 3.14. The summed E-state index contributed by atoms with van der Waals surface area (Å²) >= 11 is 0. The Morgan fingerprint density at radius 1 is 1.00 bits per heavy atom. The van der Waals surface area contributed by atoms with Crippen LogP contribution in [-0.2, 0) is 9.84 Å². The van der Waals surface area contributed by atoms with Crippen LogP contribution in [0.25, 0.3) is 11.5 Å². The number of piperidine rings is 1. The molecular formula is C23H25FN2O3S. The summed E-state index contributed by atoms with van der Waals surface area (Å²) in [5, 5.41) is -0.0908. The molecule has 1 aromatic heterocycles. The van der Waals surface area contributed by atoms with Crippen molar-refractivity contribution in [1.29, 1.82) is 0 Å². The van der Waals surface area contributed by atoms with Gasteiger partial charge in [-0.05, 0) is 61.6 Å². The number of anilines is 1. The molecule has 2 atom stereocenters. The summed E-state index contributed by atoms with van der Waals surface area (Å²) in [5.74, 6) is 0.859. The maximum Gasteiger partial charge on any atom is 0.236 e.